The molecule has 4 rings (SSSR count). The molecule has 0 aliphatic carbocycles. The minimum Gasteiger partial charge on any atom is -0.353 e. The number of benzene rings is 1. The van der Waals surface area contributed by atoms with Gasteiger partial charge in [0.05, 0.1) is 17.4 Å². The van der Waals surface area contributed by atoms with E-state index >= 15 is 0 Å². The maximum atomic E-state index is 12.7. The zero-order valence-corrected chi connectivity index (χ0v) is 16.5. The lowest BCUT2D eigenvalue weighted by Gasteiger charge is -2.35. The smallest absolute Gasteiger partial charge is 0.353 e. The van der Waals surface area contributed by atoms with Gasteiger partial charge in [-0.2, -0.15) is 18.3 Å². The molecule has 0 bridgehead atoms. The van der Waals surface area contributed by atoms with Gasteiger partial charge in [-0.25, -0.2) is 9.67 Å². The summed E-state index contributed by atoms with van der Waals surface area (Å²) in [6.45, 7) is 1.94. The van der Waals surface area contributed by atoms with Gasteiger partial charge in [0.2, 0.25) is 5.91 Å². The number of halogens is 3. The summed E-state index contributed by atoms with van der Waals surface area (Å²) < 4.78 is 39.8. The average Bonchev–Trinajstić information content (AvgIpc) is 3.27. The van der Waals surface area contributed by atoms with Crippen LogP contribution in [0.1, 0.15) is 11.1 Å². The van der Waals surface area contributed by atoms with Crippen molar-refractivity contribution in [3.05, 3.63) is 78.3 Å². The molecule has 1 aromatic carbocycles. The van der Waals surface area contributed by atoms with Gasteiger partial charge in [0.25, 0.3) is 0 Å². The van der Waals surface area contributed by atoms with E-state index in [4.69, 9.17) is 0 Å². The molecule has 0 N–H and O–H groups in total. The Bertz CT molecular complexity index is 1050. The molecule has 6 nitrogen and oxygen atoms in total. The summed E-state index contributed by atoms with van der Waals surface area (Å²) >= 11 is 0. The Morgan fingerprint density at radius 1 is 0.968 bits per heavy atom. The Hall–Kier alpha value is -3.62. The highest BCUT2D eigenvalue weighted by Gasteiger charge is 2.31. The number of piperazine rings is 1. The Morgan fingerprint density at radius 2 is 1.71 bits per heavy atom. The second kappa shape index (κ2) is 8.63. The van der Waals surface area contributed by atoms with Gasteiger partial charge in [0.1, 0.15) is 5.82 Å². The lowest BCUT2D eigenvalue weighted by molar-refractivity contribution is -0.137. The second-order valence-corrected chi connectivity index (χ2v) is 7.10. The molecule has 0 atom stereocenters. The first-order chi connectivity index (χ1) is 14.9. The van der Waals surface area contributed by atoms with E-state index in [1.165, 1.54) is 12.1 Å². The molecular formula is C22H20F3N5O. The van der Waals surface area contributed by atoms with Crippen molar-refractivity contribution in [1.82, 2.24) is 19.7 Å². The molecule has 3 heterocycles. The number of hydrogen-bond acceptors (Lipinski definition) is 4. The van der Waals surface area contributed by atoms with Crippen molar-refractivity contribution in [3.63, 3.8) is 0 Å². The molecule has 1 aliphatic heterocycles. The summed E-state index contributed by atoms with van der Waals surface area (Å²) in [5.74, 6) is 0.358. The van der Waals surface area contributed by atoms with Crippen molar-refractivity contribution in [1.29, 1.82) is 0 Å². The zero-order valence-electron chi connectivity index (χ0n) is 16.5. The van der Waals surface area contributed by atoms with Crippen LogP contribution in [0.4, 0.5) is 19.0 Å². The van der Waals surface area contributed by atoms with Crippen LogP contribution in [0, 0.1) is 0 Å². The van der Waals surface area contributed by atoms with Crippen LogP contribution >= 0.6 is 0 Å². The normalized spacial score (nSPS) is 14.9. The molecule has 0 radical (unpaired) electrons. The van der Waals surface area contributed by atoms with Gasteiger partial charge in [-0.15, -0.1) is 0 Å². The average molecular weight is 427 g/mol. The summed E-state index contributed by atoms with van der Waals surface area (Å²) in [5, 5.41) is 4.30. The van der Waals surface area contributed by atoms with Crippen molar-refractivity contribution in [2.75, 3.05) is 31.1 Å². The fraction of sp³-hybridized carbons (Fsp3) is 0.227. The summed E-state index contributed by atoms with van der Waals surface area (Å²) in [5.41, 5.74) is 0.969. The summed E-state index contributed by atoms with van der Waals surface area (Å²) in [7, 11) is 0. The highest BCUT2D eigenvalue weighted by Crippen LogP contribution is 2.29. The van der Waals surface area contributed by atoms with Gasteiger partial charge in [0.15, 0.2) is 0 Å². The first kappa shape index (κ1) is 20.6. The number of hydrogen-bond donors (Lipinski definition) is 0. The van der Waals surface area contributed by atoms with Crippen LogP contribution in [0.15, 0.2) is 67.1 Å². The molecule has 1 aliphatic rings. The molecule has 2 aromatic heterocycles. The topological polar surface area (TPSA) is 54.3 Å². The fourth-order valence-electron chi connectivity index (χ4n) is 3.31. The minimum absolute atomic E-state index is 0.118. The Labute approximate surface area is 177 Å². The van der Waals surface area contributed by atoms with E-state index in [1.54, 1.807) is 21.9 Å². The van der Waals surface area contributed by atoms with Crippen LogP contribution in [0.3, 0.4) is 0 Å². The number of amides is 1. The zero-order chi connectivity index (χ0) is 21.8. The molecule has 0 saturated carbocycles. The molecule has 1 amide bonds. The van der Waals surface area contributed by atoms with Crippen LogP contribution < -0.4 is 4.90 Å². The van der Waals surface area contributed by atoms with E-state index in [0.29, 0.717) is 32.0 Å². The van der Waals surface area contributed by atoms with Gasteiger partial charge >= 0.3 is 6.18 Å². The lowest BCUT2D eigenvalue weighted by Crippen LogP contribution is -2.48. The number of alkyl halides is 3. The largest absolute Gasteiger partial charge is 0.417 e. The highest BCUT2D eigenvalue weighted by atomic mass is 19.4. The van der Waals surface area contributed by atoms with Crippen LogP contribution in [0.5, 0.6) is 0 Å². The van der Waals surface area contributed by atoms with E-state index in [0.717, 1.165) is 23.5 Å². The molecule has 9 heteroatoms. The molecule has 1 fully saturated rings. The monoisotopic (exact) mass is 427 g/mol. The highest BCUT2D eigenvalue weighted by molar-refractivity contribution is 5.91. The number of anilines is 1. The van der Waals surface area contributed by atoms with Gasteiger partial charge in [-0.1, -0.05) is 18.2 Å². The van der Waals surface area contributed by atoms with Crippen LogP contribution in [-0.4, -0.2) is 51.8 Å². The third-order valence-corrected chi connectivity index (χ3v) is 5.03. The molecule has 0 spiro atoms. The second-order valence-electron chi connectivity index (χ2n) is 7.10. The first-order valence-corrected chi connectivity index (χ1v) is 9.75. The molecule has 1 saturated heterocycles. The number of carbonyl (C=O) groups is 1. The lowest BCUT2D eigenvalue weighted by atomic mass is 10.2. The van der Waals surface area contributed by atoms with E-state index in [-0.39, 0.29) is 5.91 Å². The van der Waals surface area contributed by atoms with Gasteiger partial charge in [-0.05, 0) is 30.3 Å². The van der Waals surface area contributed by atoms with E-state index < -0.39 is 11.7 Å². The maximum absolute atomic E-state index is 12.7. The number of pyridine rings is 1. The molecule has 160 valence electrons. The van der Waals surface area contributed by atoms with Crippen LogP contribution in [0.2, 0.25) is 0 Å². The standard InChI is InChI=1S/C22H20F3N5O/c23-22(24,25)18-7-8-20(26-15-18)28-10-12-29(13-11-28)21(31)9-6-17-14-27-30(16-17)19-4-2-1-3-5-19/h1-9,14-16H,10-13H2/b9-6+. The number of rotatable bonds is 4. The minimum atomic E-state index is -4.40. The third-order valence-electron chi connectivity index (χ3n) is 5.03. The number of aromatic nitrogens is 3. The van der Waals surface area contributed by atoms with Crippen LogP contribution in [-0.2, 0) is 11.0 Å². The van der Waals surface area contributed by atoms with E-state index in [2.05, 4.69) is 10.1 Å². The summed E-state index contributed by atoms with van der Waals surface area (Å²) in [6, 6.07) is 12.1. The molecule has 31 heavy (non-hydrogen) atoms. The molecular weight excluding hydrogens is 407 g/mol. The number of nitrogens with zero attached hydrogens (tertiary/aromatic N) is 5. The van der Waals surface area contributed by atoms with E-state index in [9.17, 15) is 18.0 Å². The predicted molar refractivity (Wildman–Crippen MR) is 111 cm³/mol. The van der Waals surface area contributed by atoms with Gasteiger partial charge in [0, 0.05) is 50.2 Å². The number of carbonyl (C=O) groups excluding carboxylic acids is 1. The molecule has 3 aromatic rings. The van der Waals surface area contributed by atoms with Crippen molar-refractivity contribution >= 4 is 17.8 Å². The van der Waals surface area contributed by atoms with Gasteiger partial charge in [-0.3, -0.25) is 4.79 Å². The quantitative estimate of drug-likeness (QED) is 0.597. The SMILES string of the molecule is O=C(/C=C/c1cnn(-c2ccccc2)c1)N1CCN(c2ccc(C(F)(F)F)cn2)CC1. The Balaban J connectivity index is 1.32. The first-order valence-electron chi connectivity index (χ1n) is 9.75. The summed E-state index contributed by atoms with van der Waals surface area (Å²) in [4.78, 5) is 20.0. The predicted octanol–water partition coefficient (Wildman–Crippen LogP) is 3.65. The van der Waals surface area contributed by atoms with Crippen molar-refractivity contribution < 1.29 is 18.0 Å². The van der Waals surface area contributed by atoms with Crippen molar-refractivity contribution in [3.8, 4) is 5.69 Å². The van der Waals surface area contributed by atoms with Crippen LogP contribution in [0.25, 0.3) is 11.8 Å². The Morgan fingerprint density at radius 3 is 2.35 bits per heavy atom. The third kappa shape index (κ3) is 4.93. The van der Waals surface area contributed by atoms with Gasteiger partial charge < -0.3 is 9.80 Å². The number of para-hydroxylation sites is 1. The fourth-order valence-corrected chi connectivity index (χ4v) is 3.31. The van der Waals surface area contributed by atoms with Crippen molar-refractivity contribution in [2.45, 2.75) is 6.18 Å². The van der Waals surface area contributed by atoms with E-state index in [1.807, 2.05) is 41.4 Å². The summed E-state index contributed by atoms with van der Waals surface area (Å²) in [6.07, 6.45) is 3.20. The maximum Gasteiger partial charge on any atom is 0.417 e. The Kier molecular flexibility index (Phi) is 5.75. The molecule has 0 unspecified atom stereocenters. The van der Waals surface area contributed by atoms with Crippen molar-refractivity contribution in [2.24, 2.45) is 0 Å².